The van der Waals surface area contributed by atoms with Crippen LogP contribution in [0.5, 0.6) is 0 Å². The Labute approximate surface area is 174 Å². The van der Waals surface area contributed by atoms with Crippen LogP contribution in [-0.2, 0) is 9.47 Å². The van der Waals surface area contributed by atoms with Gasteiger partial charge in [0.2, 0.25) is 0 Å². The van der Waals surface area contributed by atoms with E-state index in [9.17, 15) is 9.59 Å². The molecular weight excluding hydrogens is 384 g/mol. The van der Waals surface area contributed by atoms with Crippen LogP contribution in [0.4, 0.5) is 9.59 Å². The number of nitrogens with one attached hydrogen (secondary N) is 2. The van der Waals surface area contributed by atoms with Crippen LogP contribution in [0.3, 0.4) is 0 Å². The summed E-state index contributed by atoms with van der Waals surface area (Å²) in [6.45, 7) is 11.8. The summed E-state index contributed by atoms with van der Waals surface area (Å²) in [6.07, 6.45) is 4.64. The number of quaternary nitrogens is 1. The zero-order valence-electron chi connectivity index (χ0n) is 17.4. The van der Waals surface area contributed by atoms with Crippen molar-refractivity contribution in [2.45, 2.75) is 50.6 Å². The summed E-state index contributed by atoms with van der Waals surface area (Å²) in [5.74, 6) is 0. The van der Waals surface area contributed by atoms with Gasteiger partial charge >= 0.3 is 12.2 Å². The Kier molecular flexibility index (Phi) is 7.44. The quantitative estimate of drug-likeness (QED) is 0.533. The Morgan fingerprint density at radius 2 is 1.43 bits per heavy atom. The molecule has 4 heterocycles. The van der Waals surface area contributed by atoms with E-state index in [4.69, 9.17) is 9.47 Å². The van der Waals surface area contributed by atoms with E-state index in [0.717, 1.165) is 30.7 Å². The monoisotopic (exact) mass is 418 g/mol. The summed E-state index contributed by atoms with van der Waals surface area (Å²) in [4.78, 5) is 24.3. The second-order valence-electron chi connectivity index (χ2n) is 9.44. The third-order valence-corrected chi connectivity index (χ3v) is 6.00. The first-order chi connectivity index (χ1) is 12.7. The predicted molar refractivity (Wildman–Crippen MR) is 101 cm³/mol. The topological polar surface area (TPSA) is 79.9 Å². The average molecular weight is 419 g/mol. The van der Waals surface area contributed by atoms with Crippen LogP contribution in [-0.4, -0.2) is 92.2 Å². The van der Waals surface area contributed by atoms with Crippen molar-refractivity contribution in [1.29, 1.82) is 0 Å². The molecule has 2 unspecified atom stereocenters. The van der Waals surface area contributed by atoms with Crippen molar-refractivity contribution >= 4 is 12.2 Å². The molecule has 2 atom stereocenters. The lowest BCUT2D eigenvalue weighted by Gasteiger charge is -2.35. The molecule has 0 aromatic rings. The number of nitrogens with zero attached hydrogens (tertiary/aromatic N) is 2. The van der Waals surface area contributed by atoms with Gasteiger partial charge in [-0.05, 0) is 39.8 Å². The number of amides is 2. The van der Waals surface area contributed by atoms with Crippen LogP contribution in [0.15, 0.2) is 0 Å². The molecule has 0 aromatic heterocycles. The molecule has 4 aliphatic heterocycles. The largest absolute Gasteiger partial charge is 1.00 e. The highest BCUT2D eigenvalue weighted by Gasteiger charge is 2.43. The second-order valence-corrected chi connectivity index (χ2v) is 9.44. The number of carbonyl (C=O) groups is 2. The number of hydrogen-bond donors (Lipinski definition) is 2. The molecule has 0 bridgehead atoms. The van der Waals surface area contributed by atoms with E-state index in [-0.39, 0.29) is 35.7 Å². The van der Waals surface area contributed by atoms with Crippen molar-refractivity contribution in [3.63, 3.8) is 0 Å². The Morgan fingerprint density at radius 1 is 0.929 bits per heavy atom. The molecule has 0 aliphatic carbocycles. The normalized spacial score (nSPS) is 33.8. The summed E-state index contributed by atoms with van der Waals surface area (Å²) in [6, 6.07) is 0. The number of alkyl carbamates (subject to hydrolysis) is 2. The predicted octanol–water partition coefficient (Wildman–Crippen LogP) is -1.69. The maximum atomic E-state index is 11.0. The molecule has 4 saturated heterocycles. The summed E-state index contributed by atoms with van der Waals surface area (Å²) in [5, 5.41) is 5.76. The molecule has 9 heteroatoms. The molecule has 2 N–H and O–H groups in total. The molecule has 4 fully saturated rings. The molecule has 4 rings (SSSR count). The Hall–Kier alpha value is -1.25. The molecule has 2 amide bonds. The Bertz CT molecular complexity index is 566. The van der Waals surface area contributed by atoms with Gasteiger partial charge in [-0.3, -0.25) is 0 Å². The van der Waals surface area contributed by atoms with E-state index in [0.29, 0.717) is 13.2 Å². The summed E-state index contributed by atoms with van der Waals surface area (Å²) >= 11 is 0. The molecule has 28 heavy (non-hydrogen) atoms. The lowest BCUT2D eigenvalue weighted by Crippen LogP contribution is -3.00. The zero-order chi connectivity index (χ0) is 19.5. The highest BCUT2D eigenvalue weighted by molar-refractivity contribution is 5.71. The van der Waals surface area contributed by atoms with Crippen molar-refractivity contribution in [2.24, 2.45) is 0 Å². The minimum absolute atomic E-state index is 0. The standard InChI is InChI=1S/C10H18N2O2.C9H16N2O2.ClH/c1-10(8-14-9(13)11-10)7-12(2)5-3-4-6-12;1-9(7-13-8(12)10-9)6-11-4-2-3-5-11;/h3-8H2,1-2H3;2-7H2,1H3,(H,10,12);1H. The summed E-state index contributed by atoms with van der Waals surface area (Å²) in [7, 11) is 2.27. The lowest BCUT2D eigenvalue weighted by atomic mass is 10.0. The van der Waals surface area contributed by atoms with Crippen LogP contribution >= 0.6 is 0 Å². The molecule has 0 spiro atoms. The van der Waals surface area contributed by atoms with Crippen molar-refractivity contribution in [3.8, 4) is 0 Å². The summed E-state index contributed by atoms with van der Waals surface area (Å²) in [5.41, 5.74) is -0.322. The fourth-order valence-electron chi connectivity index (χ4n) is 4.79. The number of likely N-dealkylation sites (tertiary alicyclic amines) is 2. The lowest BCUT2D eigenvalue weighted by molar-refractivity contribution is -0.901. The maximum Gasteiger partial charge on any atom is 0.407 e. The van der Waals surface area contributed by atoms with Gasteiger partial charge in [0.1, 0.15) is 25.3 Å². The number of carbonyl (C=O) groups excluding carboxylic acids is 2. The molecule has 4 aliphatic rings. The molecule has 0 radical (unpaired) electrons. The van der Waals surface area contributed by atoms with Crippen molar-refractivity contribution < 1.29 is 36.0 Å². The third kappa shape index (κ3) is 6.12. The van der Waals surface area contributed by atoms with Gasteiger partial charge in [0.15, 0.2) is 0 Å². The first-order valence-corrected chi connectivity index (χ1v) is 10.2. The van der Waals surface area contributed by atoms with Gasteiger partial charge in [-0.2, -0.15) is 0 Å². The van der Waals surface area contributed by atoms with E-state index < -0.39 is 0 Å². The number of hydrogen-bond acceptors (Lipinski definition) is 5. The highest BCUT2D eigenvalue weighted by Crippen LogP contribution is 2.23. The number of cyclic esters (lactones) is 2. The van der Waals surface area contributed by atoms with E-state index in [1.807, 2.05) is 6.92 Å². The van der Waals surface area contributed by atoms with Crippen LogP contribution < -0.4 is 23.0 Å². The maximum absolute atomic E-state index is 11.0. The van der Waals surface area contributed by atoms with Crippen LogP contribution in [0.1, 0.15) is 39.5 Å². The minimum atomic E-state index is -0.276. The number of rotatable bonds is 4. The third-order valence-electron chi connectivity index (χ3n) is 6.00. The van der Waals surface area contributed by atoms with Gasteiger partial charge in [-0.25, -0.2) is 9.59 Å². The number of likely N-dealkylation sites (N-methyl/N-ethyl adjacent to an activating group) is 1. The van der Waals surface area contributed by atoms with Gasteiger partial charge < -0.3 is 41.9 Å². The average Bonchev–Trinajstić information content (AvgIpc) is 3.34. The van der Waals surface area contributed by atoms with Crippen molar-refractivity contribution in [1.82, 2.24) is 15.5 Å². The fourth-order valence-corrected chi connectivity index (χ4v) is 4.79. The van der Waals surface area contributed by atoms with E-state index >= 15 is 0 Å². The molecule has 8 nitrogen and oxygen atoms in total. The van der Waals surface area contributed by atoms with Crippen molar-refractivity contribution in [3.05, 3.63) is 0 Å². The SMILES string of the molecule is CC1(CN2CCCC2)COC(=O)N1.CC1(C[N+]2(C)CCCC2)COC(=O)N1.[Cl-]. The molecule has 0 saturated carbocycles. The van der Waals surface area contributed by atoms with Gasteiger partial charge in [0.25, 0.3) is 0 Å². The smallest absolute Gasteiger partial charge is 0.407 e. The zero-order valence-corrected chi connectivity index (χ0v) is 18.1. The summed E-state index contributed by atoms with van der Waals surface area (Å²) < 4.78 is 10.9. The minimum Gasteiger partial charge on any atom is -1.00 e. The van der Waals surface area contributed by atoms with Gasteiger partial charge in [-0.1, -0.05) is 0 Å². The highest BCUT2D eigenvalue weighted by atomic mass is 35.5. The van der Waals surface area contributed by atoms with E-state index in [1.54, 1.807) is 0 Å². The van der Waals surface area contributed by atoms with E-state index in [2.05, 4.69) is 29.5 Å². The fraction of sp³-hybridized carbons (Fsp3) is 0.895. The number of halogens is 1. The van der Waals surface area contributed by atoms with Crippen LogP contribution in [0.25, 0.3) is 0 Å². The van der Waals surface area contributed by atoms with Gasteiger partial charge in [-0.15, -0.1) is 0 Å². The molecule has 0 aromatic carbocycles. The molecule has 162 valence electrons. The molecular formula is C19H35ClN4O4. The Balaban J connectivity index is 0.000000194. The van der Waals surface area contributed by atoms with Gasteiger partial charge in [0, 0.05) is 19.4 Å². The second kappa shape index (κ2) is 9.05. The number of ether oxygens (including phenoxy) is 2. The van der Waals surface area contributed by atoms with Gasteiger partial charge in [0.05, 0.1) is 25.7 Å². The first-order valence-electron chi connectivity index (χ1n) is 10.2. The first kappa shape index (κ1) is 23.0. The van der Waals surface area contributed by atoms with Crippen molar-refractivity contribution in [2.75, 3.05) is 59.5 Å². The van der Waals surface area contributed by atoms with Crippen LogP contribution in [0.2, 0.25) is 0 Å². The Morgan fingerprint density at radius 3 is 1.89 bits per heavy atom. The van der Waals surface area contributed by atoms with Crippen LogP contribution in [0, 0.1) is 0 Å². The van der Waals surface area contributed by atoms with E-state index in [1.165, 1.54) is 38.8 Å².